The fourth-order valence-electron chi connectivity index (χ4n) is 4.22. The van der Waals surface area contributed by atoms with Crippen LogP contribution in [0.4, 0.5) is 5.69 Å². The van der Waals surface area contributed by atoms with Gasteiger partial charge in [0.2, 0.25) is 5.91 Å². The number of primary amides is 1. The standard InChI is InChI=1S/C25H29N5O7S/c1-34-17-8-7-14(11-18(17)35-2)21(24(32)28-12-15-5-3-9-36-15)30(13-16-6-4-10-37-16)25(33)22-19(26)20(23(27)31)29-38-22/h4,6-8,10-11,15,21H,3,5,9,12-13,26H2,1-2H3,(H2,27,31)(H,28,32)/t15-,21+/m0/s1. The van der Waals surface area contributed by atoms with Crippen LogP contribution >= 0.6 is 11.5 Å². The molecule has 3 aromatic rings. The number of ether oxygens (including phenoxy) is 3. The second kappa shape index (κ2) is 12.0. The van der Waals surface area contributed by atoms with Crippen LogP contribution in [0, 0.1) is 0 Å². The molecule has 3 amide bonds. The number of nitrogens with two attached hydrogens (primary N) is 2. The first kappa shape index (κ1) is 26.9. The first-order valence-electron chi connectivity index (χ1n) is 11.8. The highest BCUT2D eigenvalue weighted by Gasteiger charge is 2.36. The Balaban J connectivity index is 1.78. The van der Waals surface area contributed by atoms with Crippen molar-refractivity contribution in [1.29, 1.82) is 0 Å². The highest BCUT2D eigenvalue weighted by atomic mass is 32.1. The Kier molecular flexibility index (Phi) is 8.48. The van der Waals surface area contributed by atoms with Gasteiger partial charge in [-0.05, 0) is 54.2 Å². The van der Waals surface area contributed by atoms with Gasteiger partial charge in [0.15, 0.2) is 17.2 Å². The summed E-state index contributed by atoms with van der Waals surface area (Å²) in [6.45, 7) is 0.830. The summed E-state index contributed by atoms with van der Waals surface area (Å²) in [5.74, 6) is -0.686. The van der Waals surface area contributed by atoms with Crippen LogP contribution in [0.5, 0.6) is 11.5 Å². The van der Waals surface area contributed by atoms with E-state index in [0.717, 1.165) is 24.4 Å². The van der Waals surface area contributed by atoms with Gasteiger partial charge in [-0.25, -0.2) is 0 Å². The van der Waals surface area contributed by atoms with Crippen LogP contribution in [-0.2, 0) is 16.1 Å². The number of nitrogen functional groups attached to an aromatic ring is 1. The van der Waals surface area contributed by atoms with Gasteiger partial charge in [-0.1, -0.05) is 6.07 Å². The van der Waals surface area contributed by atoms with Crippen LogP contribution in [0.3, 0.4) is 0 Å². The highest BCUT2D eigenvalue weighted by molar-refractivity contribution is 7.09. The molecule has 5 N–H and O–H groups in total. The molecule has 12 nitrogen and oxygen atoms in total. The zero-order chi connectivity index (χ0) is 27.2. The van der Waals surface area contributed by atoms with Crippen LogP contribution in [0.15, 0.2) is 41.0 Å². The van der Waals surface area contributed by atoms with Crippen molar-refractivity contribution < 1.29 is 33.0 Å². The second-order valence-electron chi connectivity index (χ2n) is 8.55. The predicted molar refractivity (Wildman–Crippen MR) is 138 cm³/mol. The first-order valence-corrected chi connectivity index (χ1v) is 12.6. The Labute approximate surface area is 223 Å². The van der Waals surface area contributed by atoms with Crippen molar-refractivity contribution >= 4 is 34.9 Å². The van der Waals surface area contributed by atoms with Crippen LogP contribution in [0.2, 0.25) is 0 Å². The van der Waals surface area contributed by atoms with E-state index < -0.39 is 23.8 Å². The Bertz CT molecular complexity index is 1290. The molecule has 0 aliphatic carbocycles. The second-order valence-corrected chi connectivity index (χ2v) is 9.32. The zero-order valence-electron chi connectivity index (χ0n) is 21.0. The lowest BCUT2D eigenvalue weighted by atomic mass is 10.0. The molecule has 0 radical (unpaired) electrons. The molecule has 1 saturated heterocycles. The van der Waals surface area contributed by atoms with E-state index in [-0.39, 0.29) is 35.5 Å². The number of carbonyl (C=O) groups is 3. The third-order valence-electron chi connectivity index (χ3n) is 6.13. The minimum absolute atomic E-state index is 0.0252. The van der Waals surface area contributed by atoms with E-state index >= 15 is 0 Å². The summed E-state index contributed by atoms with van der Waals surface area (Å²) >= 11 is 0.731. The van der Waals surface area contributed by atoms with Gasteiger partial charge in [0, 0.05) is 13.2 Å². The molecule has 1 aliphatic heterocycles. The molecule has 2 aromatic heterocycles. The maximum Gasteiger partial charge on any atom is 0.270 e. The fourth-order valence-corrected chi connectivity index (χ4v) is 4.98. The molecule has 1 aliphatic rings. The lowest BCUT2D eigenvalue weighted by Gasteiger charge is -2.31. The Morgan fingerprint density at radius 2 is 2.03 bits per heavy atom. The van der Waals surface area contributed by atoms with Crippen molar-refractivity contribution in [1.82, 2.24) is 14.6 Å². The number of benzene rings is 1. The summed E-state index contributed by atoms with van der Waals surface area (Å²) in [5, 5.41) is 2.92. The summed E-state index contributed by atoms with van der Waals surface area (Å²) in [7, 11) is 2.97. The smallest absolute Gasteiger partial charge is 0.270 e. The molecule has 0 spiro atoms. The summed E-state index contributed by atoms with van der Waals surface area (Å²) in [6, 6.07) is 7.16. The Hall–Kier alpha value is -4.10. The number of amides is 3. The number of hydrogen-bond acceptors (Lipinski definition) is 10. The van der Waals surface area contributed by atoms with E-state index in [0.29, 0.717) is 29.4 Å². The van der Waals surface area contributed by atoms with E-state index in [4.69, 9.17) is 30.1 Å². The number of carbonyl (C=O) groups excluding carboxylic acids is 3. The zero-order valence-corrected chi connectivity index (χ0v) is 21.8. The largest absolute Gasteiger partial charge is 0.493 e. The maximum atomic E-state index is 13.9. The summed E-state index contributed by atoms with van der Waals surface area (Å²) in [5.41, 5.74) is 11.5. The summed E-state index contributed by atoms with van der Waals surface area (Å²) in [6.07, 6.45) is 3.08. The molecule has 13 heteroatoms. The molecule has 2 atom stereocenters. The van der Waals surface area contributed by atoms with Gasteiger partial charge < -0.3 is 40.3 Å². The molecule has 0 bridgehead atoms. The van der Waals surface area contributed by atoms with Gasteiger partial charge in [-0.3, -0.25) is 14.4 Å². The normalized spacial score (nSPS) is 15.6. The highest BCUT2D eigenvalue weighted by Crippen LogP contribution is 2.35. The van der Waals surface area contributed by atoms with E-state index in [1.54, 1.807) is 30.3 Å². The molecule has 0 unspecified atom stereocenters. The van der Waals surface area contributed by atoms with Gasteiger partial charge >= 0.3 is 0 Å². The summed E-state index contributed by atoms with van der Waals surface area (Å²) < 4.78 is 25.9. The first-order chi connectivity index (χ1) is 18.3. The third kappa shape index (κ3) is 5.73. The SMILES string of the molecule is COc1ccc([C@H](C(=O)NC[C@@H]2CCCO2)N(Cc2ccco2)C(=O)c2snc(C(N)=O)c2N)cc1OC. The number of nitrogens with one attached hydrogen (secondary N) is 1. The van der Waals surface area contributed by atoms with Gasteiger partial charge in [0.05, 0.1) is 38.8 Å². The summed E-state index contributed by atoms with van der Waals surface area (Å²) in [4.78, 5) is 40.7. The number of aromatic nitrogens is 1. The topological polar surface area (TPSA) is 172 Å². The van der Waals surface area contributed by atoms with Crippen molar-refractivity contribution in [2.24, 2.45) is 5.73 Å². The Morgan fingerprint density at radius 3 is 2.63 bits per heavy atom. The number of anilines is 1. The lowest BCUT2D eigenvalue weighted by molar-refractivity contribution is -0.126. The van der Waals surface area contributed by atoms with Gasteiger partial charge in [0.25, 0.3) is 11.8 Å². The van der Waals surface area contributed by atoms with E-state index in [1.165, 1.54) is 25.4 Å². The van der Waals surface area contributed by atoms with Crippen molar-refractivity contribution in [2.45, 2.75) is 31.5 Å². The molecule has 202 valence electrons. The fraction of sp³-hybridized carbons (Fsp3) is 0.360. The molecular weight excluding hydrogens is 514 g/mol. The van der Waals surface area contributed by atoms with Crippen molar-refractivity contribution in [3.8, 4) is 11.5 Å². The third-order valence-corrected chi connectivity index (χ3v) is 6.99. The van der Waals surface area contributed by atoms with Crippen molar-refractivity contribution in [3.05, 3.63) is 58.5 Å². The van der Waals surface area contributed by atoms with E-state index in [9.17, 15) is 14.4 Å². The lowest BCUT2D eigenvalue weighted by Crippen LogP contribution is -2.45. The van der Waals surface area contributed by atoms with E-state index in [1.807, 2.05) is 0 Å². The number of furan rings is 1. The van der Waals surface area contributed by atoms with Crippen molar-refractivity contribution in [3.63, 3.8) is 0 Å². The number of nitrogens with zero attached hydrogens (tertiary/aromatic N) is 2. The Morgan fingerprint density at radius 1 is 1.24 bits per heavy atom. The van der Waals surface area contributed by atoms with E-state index in [2.05, 4.69) is 9.69 Å². The molecule has 38 heavy (non-hydrogen) atoms. The minimum Gasteiger partial charge on any atom is -0.493 e. The number of hydrogen-bond donors (Lipinski definition) is 3. The molecular formula is C25H29N5O7S. The molecule has 3 heterocycles. The average Bonchev–Trinajstić information content (AvgIpc) is 3.69. The van der Waals surface area contributed by atoms with Crippen LogP contribution < -0.4 is 26.3 Å². The molecule has 1 fully saturated rings. The average molecular weight is 544 g/mol. The minimum atomic E-state index is -1.15. The molecule has 1 aromatic carbocycles. The van der Waals surface area contributed by atoms with Gasteiger partial charge in [0.1, 0.15) is 16.7 Å². The van der Waals surface area contributed by atoms with Crippen molar-refractivity contribution in [2.75, 3.05) is 33.1 Å². The van der Waals surface area contributed by atoms with Crippen LogP contribution in [-0.4, -0.2) is 60.5 Å². The maximum absolute atomic E-state index is 13.9. The predicted octanol–water partition coefficient (Wildman–Crippen LogP) is 2.11. The number of rotatable bonds is 11. The van der Waals surface area contributed by atoms with Gasteiger partial charge in [-0.15, -0.1) is 0 Å². The van der Waals surface area contributed by atoms with Gasteiger partial charge in [-0.2, -0.15) is 4.37 Å². The van der Waals surface area contributed by atoms with Crippen LogP contribution in [0.25, 0.3) is 0 Å². The van der Waals surface area contributed by atoms with Crippen LogP contribution in [0.1, 0.15) is 50.4 Å². The quantitative estimate of drug-likeness (QED) is 0.327. The number of methoxy groups -OCH3 is 2. The molecule has 0 saturated carbocycles. The molecule has 4 rings (SSSR count). The monoisotopic (exact) mass is 543 g/mol.